The van der Waals surface area contributed by atoms with Gasteiger partial charge in [0.1, 0.15) is 72.3 Å². The van der Waals surface area contributed by atoms with Crippen molar-refractivity contribution in [1.82, 2.24) is 20.6 Å². The monoisotopic (exact) mass is 1370 g/mol. The van der Waals surface area contributed by atoms with Crippen molar-refractivity contribution in [2.24, 2.45) is 11.8 Å². The topological polar surface area (TPSA) is 509 Å². The zero-order valence-electron chi connectivity index (χ0n) is 50.4. The zero-order valence-corrected chi connectivity index (χ0v) is 52.1. The Morgan fingerprint density at radius 3 is 2.11 bits per heavy atom. The van der Waals surface area contributed by atoms with Crippen LogP contribution in [0.15, 0.2) is 76.5 Å². The largest absolute Gasteiger partial charge is 0.493 e. The van der Waals surface area contributed by atoms with Crippen LogP contribution in [0.2, 0.25) is 0 Å². The summed E-state index contributed by atoms with van der Waals surface area (Å²) in [6, 6.07) is 11.1. The van der Waals surface area contributed by atoms with Gasteiger partial charge in [-0.1, -0.05) is 62.4 Å². The summed E-state index contributed by atoms with van der Waals surface area (Å²) in [5.74, 6) is -7.59. The third-order valence-corrected chi connectivity index (χ3v) is 18.1. The lowest BCUT2D eigenvalue weighted by atomic mass is 9.78. The van der Waals surface area contributed by atoms with Crippen LogP contribution >= 0.6 is 0 Å². The Morgan fingerprint density at radius 2 is 1.45 bits per heavy atom. The van der Waals surface area contributed by atoms with Gasteiger partial charge in [0.25, 0.3) is 26.1 Å². The molecule has 2 saturated carbocycles. The summed E-state index contributed by atoms with van der Waals surface area (Å²) < 4.78 is 115. The minimum absolute atomic E-state index is 0.00443. The van der Waals surface area contributed by atoms with Gasteiger partial charge in [0.05, 0.1) is 54.2 Å². The molecule has 2 saturated heterocycles. The molecule has 94 heavy (non-hydrogen) atoms. The van der Waals surface area contributed by atoms with Gasteiger partial charge in [0, 0.05) is 30.3 Å². The minimum Gasteiger partial charge on any atom is -0.493 e. The molecule has 3 amide bonds. The molecule has 15 atom stereocenters. The highest BCUT2D eigenvalue weighted by Gasteiger charge is 2.54. The second-order valence-electron chi connectivity index (χ2n) is 23.1. The number of carboxylic acids is 1. The SMILES string of the molecule is CC1OC(OC2C(NC(=O)c3cc(O)nc(O)n3)CC(C(=O)CCCNC(=O)COCCOCC(=O)Nc3cccc4cc(S(=O)(=O)O)cc(S(=O)(=O)O)c34)CC2OC2OC(CO)C(O)C(O[C@@H](CC3CCCCC3)C(=O)O)C2OC(=O)c2ccccc2)C(O)C(O)C1O. The Hall–Kier alpha value is -7.04. The number of aliphatic hydroxyl groups excluding tert-OH is 5. The lowest BCUT2D eigenvalue weighted by Gasteiger charge is -2.49. The summed E-state index contributed by atoms with van der Waals surface area (Å²) in [4.78, 5) is 86.7. The van der Waals surface area contributed by atoms with E-state index >= 15 is 0 Å². The molecule has 0 spiro atoms. The van der Waals surface area contributed by atoms with Gasteiger partial charge in [-0.2, -0.15) is 26.8 Å². The summed E-state index contributed by atoms with van der Waals surface area (Å²) in [7, 11) is -10.00. The van der Waals surface area contributed by atoms with Crippen molar-refractivity contribution < 1.29 is 133 Å². The van der Waals surface area contributed by atoms with E-state index in [2.05, 4.69) is 25.9 Å². The number of nitrogens with one attached hydrogen (secondary N) is 3. The molecule has 14 unspecified atom stereocenters. The molecule has 33 nitrogen and oxygen atoms in total. The number of rotatable bonds is 29. The number of ketones is 1. The molecule has 8 rings (SSSR count). The fourth-order valence-corrected chi connectivity index (χ4v) is 13.1. The number of Topliss-reactive ketones (excluding diaryl/α,β-unsaturated/α-hetero) is 1. The first-order valence-corrected chi connectivity index (χ1v) is 32.9. The van der Waals surface area contributed by atoms with E-state index in [-0.39, 0.29) is 79.8 Å². The number of anilines is 1. The third kappa shape index (κ3) is 19.1. The predicted octanol–water partition coefficient (Wildman–Crippen LogP) is -0.109. The van der Waals surface area contributed by atoms with Gasteiger partial charge in [0.2, 0.25) is 17.7 Å². The van der Waals surface area contributed by atoms with Crippen molar-refractivity contribution in [1.29, 1.82) is 0 Å². The number of amides is 3. The number of benzene rings is 3. The lowest BCUT2D eigenvalue weighted by molar-refractivity contribution is -0.347. The Balaban J connectivity index is 0.974. The average Bonchev–Trinajstić information content (AvgIpc) is 0.781. The molecule has 1 aromatic heterocycles. The van der Waals surface area contributed by atoms with Gasteiger partial charge in [0.15, 0.2) is 24.8 Å². The van der Waals surface area contributed by atoms with Gasteiger partial charge in [-0.3, -0.25) is 28.3 Å². The van der Waals surface area contributed by atoms with Gasteiger partial charge in [-0.25, -0.2) is 9.59 Å². The van der Waals surface area contributed by atoms with Crippen LogP contribution in [0.4, 0.5) is 5.69 Å². The van der Waals surface area contributed by atoms with E-state index in [1.54, 1.807) is 6.07 Å². The van der Waals surface area contributed by atoms with E-state index in [1.807, 2.05) is 0 Å². The number of aliphatic carboxylic acids is 1. The van der Waals surface area contributed by atoms with Crippen molar-refractivity contribution >= 4 is 72.1 Å². The molecule has 4 fully saturated rings. The van der Waals surface area contributed by atoms with Crippen molar-refractivity contribution in [3.8, 4) is 11.9 Å². The molecule has 4 aliphatic rings. The van der Waals surface area contributed by atoms with Crippen molar-refractivity contribution in [3.63, 3.8) is 0 Å². The number of carboxylic acid groups (broad SMARTS) is 1. The second kappa shape index (κ2) is 32.6. The van der Waals surface area contributed by atoms with E-state index in [9.17, 15) is 95.6 Å². The van der Waals surface area contributed by atoms with E-state index < -0.39 is 195 Å². The van der Waals surface area contributed by atoms with E-state index in [4.69, 9.17) is 37.9 Å². The normalized spacial score (nSPS) is 27.2. The van der Waals surface area contributed by atoms with Gasteiger partial charge < -0.3 is 94.7 Å². The Bertz CT molecular complexity index is 3530. The Labute approximate surface area is 537 Å². The molecule has 0 bridgehead atoms. The molecule has 3 aromatic carbocycles. The quantitative estimate of drug-likeness (QED) is 0.0192. The predicted molar refractivity (Wildman–Crippen MR) is 317 cm³/mol. The van der Waals surface area contributed by atoms with Crippen LogP contribution in [-0.2, 0) is 77.3 Å². The minimum atomic E-state index is -5.09. The number of aromatic nitrogens is 2. The van der Waals surface area contributed by atoms with Crippen LogP contribution < -0.4 is 16.0 Å². The van der Waals surface area contributed by atoms with Gasteiger partial charge in [-0.15, -0.1) is 0 Å². The van der Waals surface area contributed by atoms with Crippen LogP contribution in [0.25, 0.3) is 10.8 Å². The molecule has 35 heteroatoms. The third-order valence-electron chi connectivity index (χ3n) is 16.4. The summed E-state index contributed by atoms with van der Waals surface area (Å²) in [6.07, 6.45) is -19.6. The van der Waals surface area contributed by atoms with Gasteiger partial charge in [-0.05, 0) is 74.2 Å². The number of esters is 1. The van der Waals surface area contributed by atoms with Crippen molar-refractivity contribution in [3.05, 3.63) is 78.0 Å². The molecular weight excluding hydrogens is 1290 g/mol. The number of ether oxygens (including phenoxy) is 8. The van der Waals surface area contributed by atoms with Crippen molar-refractivity contribution in [2.45, 2.75) is 167 Å². The average molecular weight is 1370 g/mol. The maximum atomic E-state index is 14.5. The second-order valence-corrected chi connectivity index (χ2v) is 25.9. The first-order valence-electron chi connectivity index (χ1n) is 30.0. The first kappa shape index (κ1) is 72.8. The molecule has 3 heterocycles. The Morgan fingerprint density at radius 1 is 0.745 bits per heavy atom. The summed E-state index contributed by atoms with van der Waals surface area (Å²) in [5.41, 5.74) is -0.776. The smallest absolute Gasteiger partial charge is 0.338 e. The summed E-state index contributed by atoms with van der Waals surface area (Å²) in [5, 5.41) is 93.6. The number of aromatic hydroxyl groups is 2. The van der Waals surface area contributed by atoms with E-state index in [0.717, 1.165) is 31.4 Å². The fraction of sp³-hybridized carbons (Fsp3) is 0.559. The Kier molecular flexibility index (Phi) is 25.2. The van der Waals surface area contributed by atoms with Crippen molar-refractivity contribution in [2.75, 3.05) is 44.9 Å². The van der Waals surface area contributed by atoms with E-state index in [1.165, 1.54) is 49.4 Å². The molecule has 516 valence electrons. The molecule has 0 radical (unpaired) electrons. The molecule has 13 N–H and O–H groups in total. The molecular formula is C59H75N5O28S2. The van der Waals surface area contributed by atoms with Crippen LogP contribution in [0.3, 0.4) is 0 Å². The highest BCUT2D eigenvalue weighted by molar-refractivity contribution is 7.86. The standard InChI is InChI=1S/C59H75N5O28S2/c1-29-47(70)49(72)50(73)57(87-29)92-51-36(62-54(74)37-25-43(67)64-59(78)63-37)22-33(23-39(51)89-58-53(91-56(77)31-12-6-3-7-13-31)52(48(71)41(26-65)90-58)88-40(55(75)76)20-30-10-4-2-5-11-30)38(66)16-9-17-60-44(68)27-85-18-19-86-28-45(69)61-35-15-8-14-32-21-34(93(79,80)81)24-42(46(32)35)94(82,83)84/h3,6-8,12-15,21,24-25,29-30,33,36,39-41,47-53,57-58,65,70-73H,2,4-5,9-11,16-20,22-23,26-28H2,1H3,(H,60,68)(H,61,69)(H,62,74)(H,75,76)(H,79,80,81)(H,82,83,84)(H2,63,64,67,78)/t29?,33?,36?,39?,40-,41?,47?,48?,49?,50?,51?,52?,53?,57?,58?/m0/s1. The van der Waals surface area contributed by atoms with Crippen LogP contribution in [0.1, 0.15) is 92.0 Å². The molecule has 2 aliphatic carbocycles. The van der Waals surface area contributed by atoms with E-state index in [0.29, 0.717) is 18.9 Å². The number of fused-ring (bicyclic) bond motifs is 1. The highest BCUT2D eigenvalue weighted by Crippen LogP contribution is 2.39. The summed E-state index contributed by atoms with van der Waals surface area (Å²) >= 11 is 0. The fourth-order valence-electron chi connectivity index (χ4n) is 11.7. The lowest BCUT2D eigenvalue weighted by Crippen LogP contribution is -2.65. The number of nitrogens with zero attached hydrogens (tertiary/aromatic N) is 2. The molecule has 4 aromatic rings. The van der Waals surface area contributed by atoms with Crippen LogP contribution in [-0.4, -0.2) is 238 Å². The maximum absolute atomic E-state index is 14.5. The first-order chi connectivity index (χ1) is 44.6. The maximum Gasteiger partial charge on any atom is 0.338 e. The number of carbonyl (C=O) groups excluding carboxylic acids is 5. The van der Waals surface area contributed by atoms with Crippen LogP contribution in [0.5, 0.6) is 11.9 Å². The molecule has 2 aliphatic heterocycles. The highest BCUT2D eigenvalue weighted by atomic mass is 32.2. The number of aliphatic hydroxyl groups is 5. The number of hydrogen-bond acceptors (Lipinski definition) is 27. The summed E-state index contributed by atoms with van der Waals surface area (Å²) in [6.45, 7) is -1.30. The van der Waals surface area contributed by atoms with Gasteiger partial charge >= 0.3 is 17.9 Å². The number of hydrogen-bond donors (Lipinski definition) is 13. The van der Waals surface area contributed by atoms with Crippen LogP contribution in [0, 0.1) is 11.8 Å². The number of carbonyl (C=O) groups is 6. The zero-order chi connectivity index (χ0) is 68.2.